The van der Waals surface area contributed by atoms with Crippen LogP contribution >= 0.6 is 0 Å². The molecule has 1 aromatic heterocycles. The van der Waals surface area contributed by atoms with E-state index in [1.54, 1.807) is 24.4 Å². The summed E-state index contributed by atoms with van der Waals surface area (Å²) in [4.78, 5) is 17.9. The zero-order chi connectivity index (χ0) is 24.8. The van der Waals surface area contributed by atoms with Gasteiger partial charge in [0.2, 0.25) is 5.88 Å². The predicted molar refractivity (Wildman–Crippen MR) is 126 cm³/mol. The standard InChI is InChI=1S/C26H28N4O4/c1-6-16(3)34-25-23-22(19-9-8-18(13-28)12-20(19)32-5)21(26(31)33-11-7-10-27)17(4)30-24(23)15(2)14-29-25/h8-9,12,14,16,22,30H,6-7,11H2,1-5H3. The van der Waals surface area contributed by atoms with Gasteiger partial charge in [0.25, 0.3) is 0 Å². The van der Waals surface area contributed by atoms with E-state index in [2.05, 4.69) is 16.4 Å². The first-order valence-electron chi connectivity index (χ1n) is 11.1. The number of allylic oxidation sites excluding steroid dienone is 1. The number of nitrogens with one attached hydrogen (secondary N) is 1. The molecule has 8 nitrogen and oxygen atoms in total. The van der Waals surface area contributed by atoms with E-state index >= 15 is 0 Å². The molecule has 2 atom stereocenters. The summed E-state index contributed by atoms with van der Waals surface area (Å²) in [6.45, 7) is 7.70. The number of ether oxygens (including phenoxy) is 3. The van der Waals surface area contributed by atoms with Gasteiger partial charge in [-0.15, -0.1) is 0 Å². The molecule has 1 aliphatic rings. The lowest BCUT2D eigenvalue weighted by Crippen LogP contribution is -2.27. The molecule has 2 aromatic rings. The van der Waals surface area contributed by atoms with Gasteiger partial charge in [-0.25, -0.2) is 9.78 Å². The molecule has 0 radical (unpaired) electrons. The fourth-order valence-corrected chi connectivity index (χ4v) is 3.89. The summed E-state index contributed by atoms with van der Waals surface area (Å²) < 4.78 is 17.3. The van der Waals surface area contributed by atoms with Crippen molar-refractivity contribution in [3.8, 4) is 23.8 Å². The van der Waals surface area contributed by atoms with Gasteiger partial charge >= 0.3 is 5.97 Å². The molecule has 0 aliphatic carbocycles. The number of benzene rings is 1. The van der Waals surface area contributed by atoms with Crippen LogP contribution in [0.5, 0.6) is 11.6 Å². The van der Waals surface area contributed by atoms with Crippen LogP contribution in [0.2, 0.25) is 0 Å². The topological polar surface area (TPSA) is 117 Å². The summed E-state index contributed by atoms with van der Waals surface area (Å²) >= 11 is 0. The maximum Gasteiger partial charge on any atom is 0.336 e. The fourth-order valence-electron chi connectivity index (χ4n) is 3.89. The van der Waals surface area contributed by atoms with Crippen LogP contribution in [0.3, 0.4) is 0 Å². The van der Waals surface area contributed by atoms with Crippen molar-refractivity contribution in [1.29, 1.82) is 10.5 Å². The molecule has 34 heavy (non-hydrogen) atoms. The van der Waals surface area contributed by atoms with Crippen LogP contribution < -0.4 is 14.8 Å². The fraction of sp³-hybridized carbons (Fsp3) is 0.385. The van der Waals surface area contributed by atoms with Crippen molar-refractivity contribution in [2.24, 2.45) is 0 Å². The minimum absolute atomic E-state index is 0.0154. The van der Waals surface area contributed by atoms with E-state index in [9.17, 15) is 10.1 Å². The molecule has 176 valence electrons. The van der Waals surface area contributed by atoms with Crippen LogP contribution in [-0.4, -0.2) is 30.8 Å². The number of hydrogen-bond donors (Lipinski definition) is 1. The number of methoxy groups -OCH3 is 1. The van der Waals surface area contributed by atoms with Crippen molar-refractivity contribution in [2.75, 3.05) is 19.0 Å². The van der Waals surface area contributed by atoms with Gasteiger partial charge in [0.15, 0.2) is 0 Å². The number of hydrogen-bond acceptors (Lipinski definition) is 8. The minimum atomic E-state index is -0.625. The minimum Gasteiger partial charge on any atom is -0.496 e. The maximum atomic E-state index is 13.3. The van der Waals surface area contributed by atoms with Crippen molar-refractivity contribution < 1.29 is 19.0 Å². The summed E-state index contributed by atoms with van der Waals surface area (Å²) in [5.41, 5.74) is 4.49. The van der Waals surface area contributed by atoms with E-state index in [0.29, 0.717) is 39.6 Å². The van der Waals surface area contributed by atoms with Crippen LogP contribution in [0.15, 0.2) is 35.7 Å². The van der Waals surface area contributed by atoms with Gasteiger partial charge in [-0.2, -0.15) is 10.5 Å². The van der Waals surface area contributed by atoms with Crippen LogP contribution in [-0.2, 0) is 9.53 Å². The number of esters is 1. The molecule has 1 aliphatic heterocycles. The molecule has 3 rings (SSSR count). The summed E-state index contributed by atoms with van der Waals surface area (Å²) in [6.07, 6.45) is 2.51. The second-order valence-corrected chi connectivity index (χ2v) is 8.08. The van der Waals surface area contributed by atoms with Crippen molar-refractivity contribution in [2.45, 2.75) is 52.6 Å². The number of nitrogens with zero attached hydrogens (tertiary/aromatic N) is 3. The third kappa shape index (κ3) is 4.82. The van der Waals surface area contributed by atoms with Crippen LogP contribution in [0.4, 0.5) is 5.69 Å². The van der Waals surface area contributed by atoms with Crippen LogP contribution in [0.1, 0.15) is 61.8 Å². The van der Waals surface area contributed by atoms with E-state index in [1.807, 2.05) is 33.8 Å². The number of carbonyl (C=O) groups excluding carboxylic acids is 1. The van der Waals surface area contributed by atoms with Gasteiger partial charge in [-0.3, -0.25) is 0 Å². The van der Waals surface area contributed by atoms with Crippen LogP contribution in [0.25, 0.3) is 0 Å². The second kappa shape index (κ2) is 10.7. The summed E-state index contributed by atoms with van der Waals surface area (Å²) in [6, 6.07) is 9.21. The Hall–Kier alpha value is -4.04. The number of carbonyl (C=O) groups is 1. The van der Waals surface area contributed by atoms with Gasteiger partial charge in [0.05, 0.1) is 60.1 Å². The summed E-state index contributed by atoms with van der Waals surface area (Å²) in [5.74, 6) is -0.296. The lowest BCUT2D eigenvalue weighted by molar-refractivity contribution is -0.139. The Morgan fingerprint density at radius 3 is 2.71 bits per heavy atom. The second-order valence-electron chi connectivity index (χ2n) is 8.08. The van der Waals surface area contributed by atoms with E-state index < -0.39 is 11.9 Å². The zero-order valence-electron chi connectivity index (χ0n) is 20.1. The summed E-state index contributed by atoms with van der Waals surface area (Å²) in [5, 5.41) is 21.6. The van der Waals surface area contributed by atoms with E-state index in [1.165, 1.54) is 7.11 Å². The Bertz CT molecular complexity index is 1210. The first-order chi connectivity index (χ1) is 16.4. The first-order valence-corrected chi connectivity index (χ1v) is 11.1. The Kier molecular flexibility index (Phi) is 7.75. The first kappa shape index (κ1) is 24.6. The van der Waals surface area contributed by atoms with Crippen molar-refractivity contribution in [3.63, 3.8) is 0 Å². The highest BCUT2D eigenvalue weighted by Crippen LogP contribution is 2.49. The molecule has 1 aromatic carbocycles. The average molecular weight is 461 g/mol. The largest absolute Gasteiger partial charge is 0.496 e. The maximum absolute atomic E-state index is 13.3. The van der Waals surface area contributed by atoms with Crippen molar-refractivity contribution in [3.05, 3.63) is 57.9 Å². The molecule has 0 saturated carbocycles. The highest BCUT2D eigenvalue weighted by Gasteiger charge is 2.38. The molecule has 0 amide bonds. The van der Waals surface area contributed by atoms with E-state index in [4.69, 9.17) is 19.5 Å². The van der Waals surface area contributed by atoms with Gasteiger partial charge < -0.3 is 19.5 Å². The Morgan fingerprint density at radius 2 is 2.06 bits per heavy atom. The quantitative estimate of drug-likeness (QED) is 0.443. The number of aromatic nitrogens is 1. The van der Waals surface area contributed by atoms with Crippen molar-refractivity contribution in [1.82, 2.24) is 4.98 Å². The highest BCUT2D eigenvalue weighted by atomic mass is 16.5. The average Bonchev–Trinajstić information content (AvgIpc) is 2.84. The smallest absolute Gasteiger partial charge is 0.336 e. The lowest BCUT2D eigenvalue weighted by atomic mass is 9.79. The summed E-state index contributed by atoms with van der Waals surface area (Å²) in [7, 11) is 1.52. The number of rotatable bonds is 8. The van der Waals surface area contributed by atoms with E-state index in [0.717, 1.165) is 17.7 Å². The third-order valence-electron chi connectivity index (χ3n) is 5.79. The number of anilines is 1. The molecule has 2 unspecified atom stereocenters. The SMILES string of the molecule is CCC(C)Oc1ncc(C)c2c1C(c1ccc(C#N)cc1OC)C(C(=O)OCCC#N)=C(C)N2. The predicted octanol–water partition coefficient (Wildman–Crippen LogP) is 4.74. The normalized spacial score (nSPS) is 15.3. The van der Waals surface area contributed by atoms with Gasteiger partial charge in [-0.1, -0.05) is 13.0 Å². The molecule has 0 bridgehead atoms. The number of nitriles is 2. The molecule has 1 N–H and O–H groups in total. The van der Waals surface area contributed by atoms with Crippen LogP contribution in [0, 0.1) is 29.6 Å². The zero-order valence-corrected chi connectivity index (χ0v) is 20.1. The third-order valence-corrected chi connectivity index (χ3v) is 5.79. The molecular formula is C26H28N4O4. The Morgan fingerprint density at radius 1 is 1.29 bits per heavy atom. The Labute approximate surface area is 199 Å². The van der Waals surface area contributed by atoms with Crippen molar-refractivity contribution >= 4 is 11.7 Å². The lowest BCUT2D eigenvalue weighted by Gasteiger charge is -2.33. The molecule has 0 fully saturated rings. The number of aryl methyl sites for hydroxylation is 1. The molecular weight excluding hydrogens is 432 g/mol. The van der Waals surface area contributed by atoms with Gasteiger partial charge in [-0.05, 0) is 44.9 Å². The number of pyridine rings is 1. The number of fused-ring (bicyclic) bond motifs is 1. The van der Waals surface area contributed by atoms with E-state index in [-0.39, 0.29) is 19.1 Å². The van der Waals surface area contributed by atoms with Gasteiger partial charge in [0.1, 0.15) is 12.4 Å². The molecule has 0 spiro atoms. The molecule has 2 heterocycles. The molecule has 8 heteroatoms. The monoisotopic (exact) mass is 460 g/mol. The van der Waals surface area contributed by atoms with Gasteiger partial charge in [0, 0.05) is 17.5 Å². The Balaban J connectivity index is 2.29. The highest BCUT2D eigenvalue weighted by molar-refractivity contribution is 5.95. The molecule has 0 saturated heterocycles.